The van der Waals surface area contributed by atoms with E-state index in [0.29, 0.717) is 13.1 Å². The van der Waals surface area contributed by atoms with E-state index in [2.05, 4.69) is 23.1 Å². The Hall–Kier alpha value is -2.44. The second kappa shape index (κ2) is 7.81. The van der Waals surface area contributed by atoms with Gasteiger partial charge in [0.15, 0.2) is 5.60 Å². The van der Waals surface area contributed by atoms with E-state index in [1.165, 1.54) is 0 Å². The summed E-state index contributed by atoms with van der Waals surface area (Å²) >= 11 is 0. The largest absolute Gasteiger partial charge is 0.374 e. The van der Waals surface area contributed by atoms with Crippen molar-refractivity contribution in [1.82, 2.24) is 9.80 Å². The minimum atomic E-state index is -1.08. The molecule has 4 bridgehead atoms. The Labute approximate surface area is 194 Å². The monoisotopic (exact) mass is 448 g/mol. The van der Waals surface area contributed by atoms with Gasteiger partial charge in [0.1, 0.15) is 0 Å². The summed E-state index contributed by atoms with van der Waals surface area (Å²) in [5, 5.41) is 2.13. The number of benzene rings is 2. The second-order valence-corrected chi connectivity index (χ2v) is 10.3. The van der Waals surface area contributed by atoms with Crippen molar-refractivity contribution < 1.29 is 19.1 Å². The maximum atomic E-state index is 14.0. The van der Waals surface area contributed by atoms with Gasteiger partial charge >= 0.3 is 0 Å². The molecule has 0 aliphatic carbocycles. The maximum Gasteiger partial charge on any atom is 0.259 e. The molecule has 2 amide bonds. The average Bonchev–Trinajstić information content (AvgIpc) is 3.51. The molecule has 0 N–H and O–H groups in total. The fourth-order valence-electron chi connectivity index (χ4n) is 6.69. The number of rotatable bonds is 4. The lowest BCUT2D eigenvalue weighted by molar-refractivity contribution is -0.169. The predicted octanol–water partition coefficient (Wildman–Crippen LogP) is 3.47. The number of carbonyl (C=O) groups excluding carboxylic acids is 2. The number of piperazine rings is 1. The Balaban J connectivity index is 1.25. The van der Waals surface area contributed by atoms with Crippen LogP contribution in [-0.4, -0.2) is 66.1 Å². The van der Waals surface area contributed by atoms with Gasteiger partial charge in [-0.25, -0.2) is 0 Å². The smallest absolute Gasteiger partial charge is 0.259 e. The first kappa shape index (κ1) is 21.1. The van der Waals surface area contributed by atoms with Crippen LogP contribution in [0.1, 0.15) is 44.6 Å². The van der Waals surface area contributed by atoms with Gasteiger partial charge in [0.05, 0.1) is 18.1 Å². The van der Waals surface area contributed by atoms with E-state index in [0.717, 1.165) is 48.4 Å². The number of carbonyl (C=O) groups is 2. The number of amides is 2. The number of ether oxygens (including phenoxy) is 2. The fraction of sp³-hybridized carbons (Fsp3) is 0.556. The summed E-state index contributed by atoms with van der Waals surface area (Å²) in [6, 6.07) is 14.3. The first-order valence-corrected chi connectivity index (χ1v) is 12.3. The normalized spacial score (nSPS) is 32.4. The molecule has 5 aliphatic heterocycles. The molecule has 6 heteroatoms. The van der Waals surface area contributed by atoms with E-state index in [-0.39, 0.29) is 42.0 Å². The first-order valence-electron chi connectivity index (χ1n) is 12.3. The molecule has 7 rings (SSSR count). The van der Waals surface area contributed by atoms with Crippen LogP contribution in [0, 0.1) is 5.92 Å². The zero-order chi connectivity index (χ0) is 22.7. The Morgan fingerprint density at radius 1 is 0.970 bits per heavy atom. The highest BCUT2D eigenvalue weighted by molar-refractivity contribution is 5.95. The quantitative estimate of drug-likeness (QED) is 0.719. The Morgan fingerprint density at radius 2 is 1.70 bits per heavy atom. The number of nitrogens with zero attached hydrogens (tertiary/aromatic N) is 2. The molecule has 33 heavy (non-hydrogen) atoms. The topological polar surface area (TPSA) is 59.1 Å². The van der Waals surface area contributed by atoms with Gasteiger partial charge in [-0.1, -0.05) is 42.5 Å². The molecular weight excluding hydrogens is 416 g/mol. The van der Waals surface area contributed by atoms with E-state index < -0.39 is 5.60 Å². The minimum Gasteiger partial charge on any atom is -0.374 e. The van der Waals surface area contributed by atoms with E-state index in [1.54, 1.807) is 7.11 Å². The van der Waals surface area contributed by atoms with Gasteiger partial charge in [0.25, 0.3) is 5.91 Å². The van der Waals surface area contributed by atoms with Crippen molar-refractivity contribution in [3.05, 3.63) is 48.0 Å². The number of piperidine rings is 2. The van der Waals surface area contributed by atoms with Crippen LogP contribution < -0.4 is 0 Å². The summed E-state index contributed by atoms with van der Waals surface area (Å²) in [4.78, 5) is 31.4. The minimum absolute atomic E-state index is 0.00664. The van der Waals surface area contributed by atoms with Crippen LogP contribution in [0.5, 0.6) is 0 Å². The van der Waals surface area contributed by atoms with Gasteiger partial charge in [0.2, 0.25) is 5.91 Å². The van der Waals surface area contributed by atoms with Crippen molar-refractivity contribution in [3.63, 3.8) is 0 Å². The lowest BCUT2D eigenvalue weighted by Gasteiger charge is -2.53. The zero-order valence-electron chi connectivity index (χ0n) is 19.4. The van der Waals surface area contributed by atoms with Gasteiger partial charge in [-0.05, 0) is 49.8 Å². The summed E-state index contributed by atoms with van der Waals surface area (Å²) in [7, 11) is 1.62. The zero-order valence-corrected chi connectivity index (χ0v) is 19.4. The third kappa shape index (κ3) is 3.22. The molecule has 1 unspecified atom stereocenters. The Bertz CT molecular complexity index is 1100. The van der Waals surface area contributed by atoms with E-state index >= 15 is 0 Å². The van der Waals surface area contributed by atoms with E-state index in [1.807, 2.05) is 36.1 Å². The fourth-order valence-corrected chi connectivity index (χ4v) is 6.69. The molecule has 0 radical (unpaired) electrons. The number of fused-ring (bicyclic) bond motifs is 6. The number of hydrogen-bond donors (Lipinski definition) is 0. The van der Waals surface area contributed by atoms with Crippen molar-refractivity contribution in [1.29, 1.82) is 0 Å². The van der Waals surface area contributed by atoms with Crippen molar-refractivity contribution in [3.8, 4) is 0 Å². The molecule has 2 aromatic carbocycles. The summed E-state index contributed by atoms with van der Waals surface area (Å²) < 4.78 is 11.9. The Morgan fingerprint density at radius 3 is 2.36 bits per heavy atom. The lowest BCUT2D eigenvalue weighted by atomic mass is 9.83. The predicted molar refractivity (Wildman–Crippen MR) is 125 cm³/mol. The lowest BCUT2D eigenvalue weighted by Crippen LogP contribution is -2.68. The third-order valence-corrected chi connectivity index (χ3v) is 8.62. The second-order valence-electron chi connectivity index (χ2n) is 10.3. The average molecular weight is 449 g/mol. The van der Waals surface area contributed by atoms with Crippen molar-refractivity contribution in [2.24, 2.45) is 5.92 Å². The highest BCUT2D eigenvalue weighted by Gasteiger charge is 2.52. The molecule has 2 aromatic rings. The van der Waals surface area contributed by atoms with E-state index in [4.69, 9.17) is 9.47 Å². The molecule has 174 valence electrons. The van der Waals surface area contributed by atoms with Crippen LogP contribution >= 0.6 is 0 Å². The number of methoxy groups -OCH3 is 1. The van der Waals surface area contributed by atoms with Gasteiger partial charge in [0, 0.05) is 37.8 Å². The molecule has 5 fully saturated rings. The molecule has 0 saturated carbocycles. The summed E-state index contributed by atoms with van der Waals surface area (Å²) in [5.74, 6) is 0.242. The van der Waals surface area contributed by atoms with Crippen LogP contribution in [0.3, 0.4) is 0 Å². The maximum absolute atomic E-state index is 14.0. The molecule has 5 saturated heterocycles. The van der Waals surface area contributed by atoms with Crippen LogP contribution in [0.2, 0.25) is 0 Å². The SMILES string of the molecule is COC(C)(C(=O)N1C[C@@H]2CC[C@@H]1CN2C(=O)[C@H]1C[C@@H]2CC[C@@H]1O2)c1cccc2ccccc12. The Kier molecular flexibility index (Phi) is 5.00. The van der Waals surface area contributed by atoms with Gasteiger partial charge in [-0.15, -0.1) is 0 Å². The number of hydrogen-bond acceptors (Lipinski definition) is 4. The molecule has 6 nitrogen and oxygen atoms in total. The van der Waals surface area contributed by atoms with Crippen LogP contribution in [0.4, 0.5) is 0 Å². The summed E-state index contributed by atoms with van der Waals surface area (Å²) in [6.45, 7) is 3.09. The molecular formula is C27H32N2O4. The first-order chi connectivity index (χ1) is 16.0. The van der Waals surface area contributed by atoms with Crippen LogP contribution in [-0.2, 0) is 24.7 Å². The summed E-state index contributed by atoms with van der Waals surface area (Å²) in [5.41, 5.74) is -0.187. The highest BCUT2D eigenvalue weighted by atomic mass is 16.5. The van der Waals surface area contributed by atoms with Crippen LogP contribution in [0.25, 0.3) is 10.8 Å². The molecule has 0 aromatic heterocycles. The van der Waals surface area contributed by atoms with E-state index in [9.17, 15) is 9.59 Å². The van der Waals surface area contributed by atoms with Crippen LogP contribution in [0.15, 0.2) is 42.5 Å². The summed E-state index contributed by atoms with van der Waals surface area (Å²) in [6.07, 6.45) is 5.22. The standard InChI is InChI=1S/C27H32N2O4/c1-27(32-2,23-9-5-7-17-6-3-4-8-21(17)23)26(31)29-16-18-10-11-19(29)15-28(18)25(30)22-14-20-12-13-24(22)33-20/h3-9,18-20,22,24H,10-16H2,1-2H3/t18-,19+,20-,22-,24-,27?/m0/s1. The molecule has 5 aliphatic rings. The van der Waals surface area contributed by atoms with Crippen molar-refractivity contribution in [2.75, 3.05) is 20.2 Å². The van der Waals surface area contributed by atoms with Gasteiger partial charge in [-0.3, -0.25) is 9.59 Å². The molecule has 0 spiro atoms. The van der Waals surface area contributed by atoms with Gasteiger partial charge in [-0.2, -0.15) is 0 Å². The van der Waals surface area contributed by atoms with Crippen molar-refractivity contribution in [2.45, 2.75) is 68.9 Å². The molecule has 6 atom stereocenters. The van der Waals surface area contributed by atoms with Gasteiger partial charge < -0.3 is 19.3 Å². The third-order valence-electron chi connectivity index (χ3n) is 8.62. The highest BCUT2D eigenvalue weighted by Crippen LogP contribution is 2.42. The molecule has 5 heterocycles. The van der Waals surface area contributed by atoms with Crippen molar-refractivity contribution >= 4 is 22.6 Å².